The number of amides is 1. The Morgan fingerprint density at radius 2 is 0.626 bits per heavy atom. The van der Waals surface area contributed by atoms with Crippen molar-refractivity contribution in [2.75, 3.05) is 26.4 Å². The van der Waals surface area contributed by atoms with Gasteiger partial charge < -0.3 is 89.9 Å². The zero-order chi connectivity index (χ0) is 77.4. The molecular formula is C88H161NO18. The number of ether oxygens (including phenoxy) is 6. The third-order valence-electron chi connectivity index (χ3n) is 21.8. The molecule has 0 radical (unpaired) electrons. The molecule has 12 N–H and O–H groups in total. The van der Waals surface area contributed by atoms with E-state index in [1.54, 1.807) is 6.08 Å². The maximum atomic E-state index is 13.5. The van der Waals surface area contributed by atoms with Crippen LogP contribution in [0.15, 0.2) is 60.8 Å². The standard InChI is InChI=1S/C88H161NO18/c1-3-5-7-9-11-13-15-17-19-21-23-25-27-28-29-30-31-32-33-34-35-36-37-38-39-40-41-42-44-46-48-50-52-54-56-58-60-62-64-66-76(94)89-71(72(93)65-63-61-59-57-55-53-51-49-47-45-43-26-24-22-20-18-16-14-12-10-8-6-4-2)70-102-86-82(100)79(97)84(74(68-91)104-86)107-88-83(101)80(98)85(75(69-92)105-88)106-87-81(99)78(96)77(95)73(67-90)103-87/h15,17,21,23,47,49,55,57,63,65,71-75,77-88,90-93,95-101H,3-14,16,18-20,22,24-46,48,50-54,56,58-62,64,66-70H2,1-2H3,(H,89,94)/b17-15-,23-21-,49-47+,57-55+,65-63+. The van der Waals surface area contributed by atoms with Gasteiger partial charge in [0.1, 0.15) is 73.2 Å². The summed E-state index contributed by atoms with van der Waals surface area (Å²) in [7, 11) is 0. The summed E-state index contributed by atoms with van der Waals surface area (Å²) in [6.45, 7) is 1.75. The molecule has 17 atom stereocenters. The van der Waals surface area contributed by atoms with Crippen molar-refractivity contribution >= 4 is 5.91 Å². The first-order valence-electron chi connectivity index (χ1n) is 44.0. The van der Waals surface area contributed by atoms with Gasteiger partial charge in [-0.3, -0.25) is 4.79 Å². The fraction of sp³-hybridized carbons (Fsp3) is 0.875. The Bertz CT molecular complexity index is 2160. The molecule has 3 aliphatic rings. The van der Waals surface area contributed by atoms with Crippen molar-refractivity contribution in [3.63, 3.8) is 0 Å². The zero-order valence-electron chi connectivity index (χ0n) is 67.4. The van der Waals surface area contributed by atoms with Crippen molar-refractivity contribution in [2.24, 2.45) is 0 Å². The fourth-order valence-electron chi connectivity index (χ4n) is 14.7. The monoisotopic (exact) mass is 1520 g/mol. The van der Waals surface area contributed by atoms with Crippen LogP contribution in [0.25, 0.3) is 0 Å². The van der Waals surface area contributed by atoms with Crippen molar-refractivity contribution in [3.8, 4) is 0 Å². The van der Waals surface area contributed by atoms with Gasteiger partial charge in [0.2, 0.25) is 5.91 Å². The molecule has 0 bridgehead atoms. The van der Waals surface area contributed by atoms with Crippen molar-refractivity contribution < 1.29 is 89.4 Å². The number of hydrogen-bond donors (Lipinski definition) is 12. The van der Waals surface area contributed by atoms with Crippen LogP contribution in [-0.2, 0) is 33.2 Å². The number of carbonyl (C=O) groups excluding carboxylic acids is 1. The summed E-state index contributed by atoms with van der Waals surface area (Å²) in [5, 5.41) is 121. The molecule has 0 saturated carbocycles. The molecule has 0 aliphatic carbocycles. The van der Waals surface area contributed by atoms with E-state index in [4.69, 9.17) is 28.4 Å². The number of carbonyl (C=O) groups is 1. The molecule has 19 heteroatoms. The first-order chi connectivity index (χ1) is 52.3. The van der Waals surface area contributed by atoms with E-state index in [0.29, 0.717) is 12.8 Å². The fourth-order valence-corrected chi connectivity index (χ4v) is 14.7. The summed E-state index contributed by atoms with van der Waals surface area (Å²) < 4.78 is 34.5. The molecule has 3 fully saturated rings. The van der Waals surface area contributed by atoms with Gasteiger partial charge in [0.25, 0.3) is 0 Å². The van der Waals surface area contributed by atoms with Crippen LogP contribution < -0.4 is 5.32 Å². The number of unbranched alkanes of at least 4 members (excludes halogenated alkanes) is 47. The minimum atomic E-state index is -1.98. The normalized spacial score (nSPS) is 25.8. The predicted molar refractivity (Wildman–Crippen MR) is 429 cm³/mol. The number of aliphatic hydroxyl groups is 11. The highest BCUT2D eigenvalue weighted by molar-refractivity contribution is 5.76. The summed E-state index contributed by atoms with van der Waals surface area (Å²) >= 11 is 0. The quantitative estimate of drug-likeness (QED) is 0.0199. The Balaban J connectivity index is 1.32. The third kappa shape index (κ3) is 47.1. The van der Waals surface area contributed by atoms with E-state index in [0.717, 1.165) is 51.4 Å². The topological polar surface area (TPSA) is 307 Å². The summed E-state index contributed by atoms with van der Waals surface area (Å²) in [5.41, 5.74) is 0. The summed E-state index contributed by atoms with van der Waals surface area (Å²) in [4.78, 5) is 13.5. The van der Waals surface area contributed by atoms with E-state index >= 15 is 0 Å². The average Bonchev–Trinajstić information content (AvgIpc) is 0.781. The highest BCUT2D eigenvalue weighted by Crippen LogP contribution is 2.33. The number of rotatable bonds is 71. The van der Waals surface area contributed by atoms with Crippen molar-refractivity contribution in [1.82, 2.24) is 5.32 Å². The lowest BCUT2D eigenvalue weighted by atomic mass is 9.96. The molecule has 0 aromatic rings. The first-order valence-corrected chi connectivity index (χ1v) is 44.0. The van der Waals surface area contributed by atoms with E-state index in [9.17, 15) is 61.0 Å². The Morgan fingerprint density at radius 1 is 0.336 bits per heavy atom. The summed E-state index contributed by atoms with van der Waals surface area (Å²) in [6.07, 6.45) is 62.4. The molecule has 0 spiro atoms. The smallest absolute Gasteiger partial charge is 0.220 e. The second kappa shape index (κ2) is 67.9. The maximum Gasteiger partial charge on any atom is 0.220 e. The van der Waals surface area contributed by atoms with Crippen LogP contribution in [0, 0.1) is 0 Å². The van der Waals surface area contributed by atoms with Gasteiger partial charge in [-0.1, -0.05) is 338 Å². The van der Waals surface area contributed by atoms with E-state index in [2.05, 4.69) is 67.8 Å². The van der Waals surface area contributed by atoms with E-state index in [1.807, 2.05) is 6.08 Å². The minimum absolute atomic E-state index is 0.235. The van der Waals surface area contributed by atoms with Crippen LogP contribution in [-0.4, -0.2) is 193 Å². The number of aliphatic hydroxyl groups excluding tert-OH is 11. The Morgan fingerprint density at radius 3 is 0.991 bits per heavy atom. The summed E-state index contributed by atoms with van der Waals surface area (Å²) in [6, 6.07) is -0.998. The van der Waals surface area contributed by atoms with Gasteiger partial charge >= 0.3 is 0 Å². The Kier molecular flexibility index (Phi) is 62.7. The lowest BCUT2D eigenvalue weighted by Crippen LogP contribution is -2.66. The highest BCUT2D eigenvalue weighted by atomic mass is 16.8. The number of allylic oxidation sites excluding steroid dienone is 9. The Hall–Kier alpha value is -2.51. The highest BCUT2D eigenvalue weighted by Gasteiger charge is 2.54. The molecule has 0 aromatic carbocycles. The van der Waals surface area contributed by atoms with E-state index < -0.39 is 124 Å². The lowest BCUT2D eigenvalue weighted by Gasteiger charge is -2.48. The minimum Gasteiger partial charge on any atom is -0.394 e. The van der Waals surface area contributed by atoms with Crippen LogP contribution in [0.3, 0.4) is 0 Å². The molecule has 0 aromatic heterocycles. The predicted octanol–water partition coefficient (Wildman–Crippen LogP) is 16.2. The van der Waals surface area contributed by atoms with Gasteiger partial charge in [-0.05, 0) is 77.0 Å². The van der Waals surface area contributed by atoms with Gasteiger partial charge in [-0.15, -0.1) is 0 Å². The third-order valence-corrected chi connectivity index (χ3v) is 21.8. The van der Waals surface area contributed by atoms with Crippen LogP contribution in [0.5, 0.6) is 0 Å². The molecule has 17 unspecified atom stereocenters. The van der Waals surface area contributed by atoms with Crippen molar-refractivity contribution in [2.45, 2.75) is 465 Å². The second-order valence-electron chi connectivity index (χ2n) is 31.3. The number of nitrogens with one attached hydrogen (secondary N) is 1. The molecule has 3 heterocycles. The van der Waals surface area contributed by atoms with Gasteiger partial charge in [-0.2, -0.15) is 0 Å². The van der Waals surface area contributed by atoms with Crippen molar-refractivity contribution in [1.29, 1.82) is 0 Å². The maximum absolute atomic E-state index is 13.5. The molecule has 3 saturated heterocycles. The van der Waals surface area contributed by atoms with Gasteiger partial charge in [0.15, 0.2) is 18.9 Å². The Labute approximate surface area is 649 Å². The lowest BCUT2D eigenvalue weighted by molar-refractivity contribution is -0.379. The molecule has 3 rings (SSSR count). The number of hydrogen-bond acceptors (Lipinski definition) is 18. The van der Waals surface area contributed by atoms with Crippen LogP contribution >= 0.6 is 0 Å². The van der Waals surface area contributed by atoms with Crippen LogP contribution in [0.2, 0.25) is 0 Å². The summed E-state index contributed by atoms with van der Waals surface area (Å²) in [5.74, 6) is -0.283. The van der Waals surface area contributed by atoms with Crippen LogP contribution in [0.1, 0.15) is 361 Å². The molecule has 1 amide bonds. The zero-order valence-corrected chi connectivity index (χ0v) is 67.4. The van der Waals surface area contributed by atoms with Crippen LogP contribution in [0.4, 0.5) is 0 Å². The second-order valence-corrected chi connectivity index (χ2v) is 31.3. The molecule has 3 aliphatic heterocycles. The molecule has 19 nitrogen and oxygen atoms in total. The first kappa shape index (κ1) is 98.7. The van der Waals surface area contributed by atoms with Gasteiger partial charge in [-0.25, -0.2) is 0 Å². The molecule has 107 heavy (non-hydrogen) atoms. The molecular weight excluding hydrogens is 1360 g/mol. The van der Waals surface area contributed by atoms with Gasteiger partial charge in [0.05, 0.1) is 38.6 Å². The molecule has 626 valence electrons. The van der Waals surface area contributed by atoms with E-state index in [1.165, 1.54) is 276 Å². The van der Waals surface area contributed by atoms with Crippen molar-refractivity contribution in [3.05, 3.63) is 60.8 Å². The van der Waals surface area contributed by atoms with E-state index in [-0.39, 0.29) is 18.9 Å². The average molecular weight is 1520 g/mol. The largest absolute Gasteiger partial charge is 0.394 e. The van der Waals surface area contributed by atoms with Gasteiger partial charge in [0, 0.05) is 6.42 Å². The SMILES string of the molecule is CCCCCCC/C=C\C/C=C\CCCCCCCCCCCCCCCCCCCCCCCCCCCCCC(=O)NC(COC1OC(CO)C(OC2OC(CO)C(OC3OC(CO)C(O)C(O)C3O)C(O)C2O)C(O)C1O)C(O)/C=C/CC/C=C/CC/C=C/CCCCCCCCCCCCCCC.